The molecule has 1 N–H and O–H groups in total. The van der Waals surface area contributed by atoms with Crippen LogP contribution in [0, 0.1) is 5.92 Å². The summed E-state index contributed by atoms with van der Waals surface area (Å²) in [6.07, 6.45) is 4.98. The molecule has 0 radical (unpaired) electrons. The third-order valence-electron chi connectivity index (χ3n) is 3.64. The molecule has 1 fully saturated rings. The van der Waals surface area contributed by atoms with Crippen LogP contribution < -0.4 is 0 Å². The Morgan fingerprint density at radius 3 is 3.06 bits per heavy atom. The Kier molecular flexibility index (Phi) is 3.26. The minimum Gasteiger partial charge on any atom is -0.388 e. The van der Waals surface area contributed by atoms with Crippen LogP contribution in [-0.2, 0) is 4.74 Å². The van der Waals surface area contributed by atoms with E-state index in [1.165, 1.54) is 0 Å². The van der Waals surface area contributed by atoms with Crippen molar-refractivity contribution in [3.05, 3.63) is 42.2 Å². The van der Waals surface area contributed by atoms with Gasteiger partial charge in [0, 0.05) is 36.6 Å². The van der Waals surface area contributed by atoms with E-state index < -0.39 is 6.10 Å². The van der Waals surface area contributed by atoms with Gasteiger partial charge in [-0.05, 0) is 24.1 Å². The van der Waals surface area contributed by atoms with Crippen molar-refractivity contribution in [2.75, 3.05) is 13.2 Å². The van der Waals surface area contributed by atoms with Gasteiger partial charge in [0.05, 0.1) is 6.10 Å². The summed E-state index contributed by atoms with van der Waals surface area (Å²) in [5.74, 6) is 0.471. The first kappa shape index (κ1) is 11.6. The summed E-state index contributed by atoms with van der Waals surface area (Å²) in [5.41, 5.74) is 0.931. The number of aliphatic hydroxyl groups is 1. The zero-order chi connectivity index (χ0) is 12.4. The predicted octanol–water partition coefficient (Wildman–Crippen LogP) is 2.69. The molecule has 0 saturated carbocycles. The fraction of sp³-hybridized carbons (Fsp3) is 0.400. The third-order valence-corrected chi connectivity index (χ3v) is 3.64. The molecular formula is C15H17NO2. The lowest BCUT2D eigenvalue weighted by atomic mass is 9.94. The smallest absolute Gasteiger partial charge is 0.0814 e. The van der Waals surface area contributed by atoms with E-state index in [1.807, 2.05) is 30.5 Å². The molecular weight excluding hydrogens is 226 g/mol. The summed E-state index contributed by atoms with van der Waals surface area (Å²) < 4.78 is 5.35. The molecule has 18 heavy (non-hydrogen) atoms. The fourth-order valence-corrected chi connectivity index (χ4v) is 2.62. The third kappa shape index (κ3) is 2.24. The number of aromatic nitrogens is 1. The first-order valence-corrected chi connectivity index (χ1v) is 6.43. The second-order valence-corrected chi connectivity index (χ2v) is 4.93. The van der Waals surface area contributed by atoms with Gasteiger partial charge in [-0.25, -0.2) is 0 Å². The quantitative estimate of drug-likeness (QED) is 0.901. The van der Waals surface area contributed by atoms with Crippen molar-refractivity contribution in [3.63, 3.8) is 0 Å². The van der Waals surface area contributed by atoms with Crippen molar-refractivity contribution in [1.29, 1.82) is 0 Å². The molecule has 0 aliphatic carbocycles. The highest BCUT2D eigenvalue weighted by molar-refractivity contribution is 5.84. The standard InChI is InChI=1S/C15H17NO2/c17-15(7-11-5-6-18-10-11)14-9-16-8-12-3-1-2-4-13(12)14/h1-4,8-9,11,15,17H,5-7,10H2. The maximum Gasteiger partial charge on any atom is 0.0814 e. The highest BCUT2D eigenvalue weighted by atomic mass is 16.5. The molecule has 2 heterocycles. The number of fused-ring (bicyclic) bond motifs is 1. The summed E-state index contributed by atoms with van der Waals surface area (Å²) in [6, 6.07) is 8.06. The number of hydrogen-bond acceptors (Lipinski definition) is 3. The Labute approximate surface area is 106 Å². The minimum absolute atomic E-state index is 0.449. The number of benzene rings is 1. The Morgan fingerprint density at radius 2 is 2.22 bits per heavy atom. The lowest BCUT2D eigenvalue weighted by Crippen LogP contribution is -2.08. The molecule has 0 spiro atoms. The maximum atomic E-state index is 10.4. The molecule has 0 bridgehead atoms. The van der Waals surface area contributed by atoms with Gasteiger partial charge in [0.2, 0.25) is 0 Å². The average molecular weight is 243 g/mol. The number of ether oxygens (including phenoxy) is 1. The molecule has 1 aliphatic rings. The Bertz CT molecular complexity index is 530. The first-order valence-electron chi connectivity index (χ1n) is 6.43. The molecule has 3 rings (SSSR count). The van der Waals surface area contributed by atoms with Crippen molar-refractivity contribution in [1.82, 2.24) is 4.98 Å². The number of pyridine rings is 1. The summed E-state index contributed by atoms with van der Waals surface area (Å²) in [7, 11) is 0. The van der Waals surface area contributed by atoms with Crippen LogP contribution in [0.15, 0.2) is 36.7 Å². The molecule has 3 nitrogen and oxygen atoms in total. The van der Waals surface area contributed by atoms with E-state index in [9.17, 15) is 5.11 Å². The second-order valence-electron chi connectivity index (χ2n) is 4.93. The van der Waals surface area contributed by atoms with E-state index in [0.29, 0.717) is 5.92 Å². The van der Waals surface area contributed by atoms with Gasteiger partial charge >= 0.3 is 0 Å². The van der Waals surface area contributed by atoms with Gasteiger partial charge in [0.1, 0.15) is 0 Å². The molecule has 2 unspecified atom stereocenters. The molecule has 2 aromatic rings. The SMILES string of the molecule is OC(CC1CCOC1)c1cncc2ccccc12. The van der Waals surface area contributed by atoms with Crippen molar-refractivity contribution in [2.45, 2.75) is 18.9 Å². The number of aliphatic hydroxyl groups excluding tert-OH is 1. The van der Waals surface area contributed by atoms with E-state index in [1.54, 1.807) is 6.20 Å². The Morgan fingerprint density at radius 1 is 1.33 bits per heavy atom. The highest BCUT2D eigenvalue weighted by Gasteiger charge is 2.21. The van der Waals surface area contributed by atoms with Gasteiger partial charge in [0.25, 0.3) is 0 Å². The largest absolute Gasteiger partial charge is 0.388 e. The van der Waals surface area contributed by atoms with Crippen LogP contribution >= 0.6 is 0 Å². The monoisotopic (exact) mass is 243 g/mol. The van der Waals surface area contributed by atoms with Crippen LogP contribution in [0.1, 0.15) is 24.5 Å². The molecule has 1 aliphatic heterocycles. The van der Waals surface area contributed by atoms with Gasteiger partial charge in [0.15, 0.2) is 0 Å². The molecule has 94 valence electrons. The Balaban J connectivity index is 1.88. The van der Waals surface area contributed by atoms with E-state index in [2.05, 4.69) is 4.98 Å². The summed E-state index contributed by atoms with van der Waals surface area (Å²) in [4.78, 5) is 4.22. The van der Waals surface area contributed by atoms with E-state index in [4.69, 9.17) is 4.74 Å². The Hall–Kier alpha value is -1.45. The van der Waals surface area contributed by atoms with E-state index in [0.717, 1.165) is 42.4 Å². The number of nitrogens with zero attached hydrogens (tertiary/aromatic N) is 1. The topological polar surface area (TPSA) is 42.4 Å². The predicted molar refractivity (Wildman–Crippen MR) is 70.2 cm³/mol. The van der Waals surface area contributed by atoms with Crippen LogP contribution in [-0.4, -0.2) is 23.3 Å². The lowest BCUT2D eigenvalue weighted by Gasteiger charge is -2.16. The summed E-state index contributed by atoms with van der Waals surface area (Å²) in [6.45, 7) is 1.60. The van der Waals surface area contributed by atoms with Gasteiger partial charge in [-0.1, -0.05) is 24.3 Å². The van der Waals surface area contributed by atoms with Crippen LogP contribution in [0.2, 0.25) is 0 Å². The van der Waals surface area contributed by atoms with Gasteiger partial charge < -0.3 is 9.84 Å². The zero-order valence-corrected chi connectivity index (χ0v) is 10.2. The van der Waals surface area contributed by atoms with Gasteiger partial charge in [-0.15, -0.1) is 0 Å². The molecule has 1 saturated heterocycles. The highest BCUT2D eigenvalue weighted by Crippen LogP contribution is 2.30. The van der Waals surface area contributed by atoms with Gasteiger partial charge in [-0.2, -0.15) is 0 Å². The van der Waals surface area contributed by atoms with E-state index >= 15 is 0 Å². The number of rotatable bonds is 3. The van der Waals surface area contributed by atoms with Crippen molar-refractivity contribution in [3.8, 4) is 0 Å². The molecule has 1 aromatic heterocycles. The van der Waals surface area contributed by atoms with E-state index in [-0.39, 0.29) is 0 Å². The lowest BCUT2D eigenvalue weighted by molar-refractivity contribution is 0.130. The van der Waals surface area contributed by atoms with Crippen molar-refractivity contribution < 1.29 is 9.84 Å². The van der Waals surface area contributed by atoms with Crippen LogP contribution in [0.4, 0.5) is 0 Å². The number of hydrogen-bond donors (Lipinski definition) is 1. The second kappa shape index (κ2) is 5.04. The normalized spacial score (nSPS) is 21.3. The summed E-state index contributed by atoms with van der Waals surface area (Å²) in [5, 5.41) is 12.6. The van der Waals surface area contributed by atoms with Crippen LogP contribution in [0.25, 0.3) is 10.8 Å². The molecule has 2 atom stereocenters. The fourth-order valence-electron chi connectivity index (χ4n) is 2.62. The zero-order valence-electron chi connectivity index (χ0n) is 10.2. The van der Waals surface area contributed by atoms with Crippen molar-refractivity contribution >= 4 is 10.8 Å². The molecule has 1 aromatic carbocycles. The van der Waals surface area contributed by atoms with Gasteiger partial charge in [-0.3, -0.25) is 4.98 Å². The average Bonchev–Trinajstić information content (AvgIpc) is 2.91. The molecule has 3 heteroatoms. The van der Waals surface area contributed by atoms with Crippen molar-refractivity contribution in [2.24, 2.45) is 5.92 Å². The minimum atomic E-state index is -0.449. The first-order chi connectivity index (χ1) is 8.84. The maximum absolute atomic E-state index is 10.4. The van der Waals surface area contributed by atoms with Crippen LogP contribution in [0.3, 0.4) is 0 Å². The summed E-state index contributed by atoms with van der Waals surface area (Å²) >= 11 is 0. The molecule has 0 amide bonds. The van der Waals surface area contributed by atoms with Crippen LogP contribution in [0.5, 0.6) is 0 Å².